The maximum Gasteiger partial charge on any atom is 0.335 e. The smallest absolute Gasteiger partial charge is 0.335 e. The highest BCUT2D eigenvalue weighted by Crippen LogP contribution is 2.25. The fourth-order valence-corrected chi connectivity index (χ4v) is 3.53. The number of carbonyl (C=O) groups is 2. The predicted molar refractivity (Wildman–Crippen MR) is 89.7 cm³/mol. The van der Waals surface area contributed by atoms with E-state index in [0.717, 1.165) is 10.6 Å². The second-order valence-electron chi connectivity index (χ2n) is 5.90. The molecule has 3 rings (SSSR count). The zero-order valence-electron chi connectivity index (χ0n) is 13.0. The van der Waals surface area contributed by atoms with Gasteiger partial charge < -0.3 is 15.1 Å². The molecule has 0 saturated carbocycles. The summed E-state index contributed by atoms with van der Waals surface area (Å²) in [5, 5.41) is 21.7. The van der Waals surface area contributed by atoms with Crippen molar-refractivity contribution in [2.75, 3.05) is 13.1 Å². The number of amides is 1. The fourth-order valence-electron chi connectivity index (χ4n) is 2.71. The number of benzene rings is 1. The summed E-state index contributed by atoms with van der Waals surface area (Å²) in [5.41, 5.74) is 0.0198. The Kier molecular flexibility index (Phi) is 4.64. The van der Waals surface area contributed by atoms with Gasteiger partial charge in [0, 0.05) is 36.9 Å². The van der Waals surface area contributed by atoms with Crippen LogP contribution in [0.3, 0.4) is 0 Å². The predicted octanol–water partition coefficient (Wildman–Crippen LogP) is 1.79. The summed E-state index contributed by atoms with van der Waals surface area (Å²) in [7, 11) is 0. The van der Waals surface area contributed by atoms with Gasteiger partial charge in [0.25, 0.3) is 0 Å². The third kappa shape index (κ3) is 3.47. The highest BCUT2D eigenvalue weighted by molar-refractivity contribution is 7.13. The van der Waals surface area contributed by atoms with Crippen LogP contribution in [0.15, 0.2) is 35.7 Å². The van der Waals surface area contributed by atoms with Crippen molar-refractivity contribution in [2.24, 2.45) is 0 Å². The monoisotopic (exact) mass is 346 g/mol. The molecule has 0 bridgehead atoms. The summed E-state index contributed by atoms with van der Waals surface area (Å²) in [6, 6.07) is 9.78. The molecule has 1 saturated heterocycles. The number of thiazole rings is 1. The number of carboxylic acid groups (broad SMARTS) is 1. The van der Waals surface area contributed by atoms with Gasteiger partial charge in [0.1, 0.15) is 5.01 Å². The molecule has 1 aliphatic rings. The van der Waals surface area contributed by atoms with Crippen molar-refractivity contribution in [1.29, 1.82) is 0 Å². The third-order valence-corrected chi connectivity index (χ3v) is 5.19. The highest BCUT2D eigenvalue weighted by atomic mass is 32.1. The van der Waals surface area contributed by atoms with Gasteiger partial charge in [0.15, 0.2) is 5.60 Å². The topological polar surface area (TPSA) is 90.7 Å². The van der Waals surface area contributed by atoms with E-state index in [1.54, 1.807) is 4.90 Å². The number of aromatic nitrogens is 1. The van der Waals surface area contributed by atoms with Gasteiger partial charge in [-0.1, -0.05) is 30.3 Å². The van der Waals surface area contributed by atoms with Crippen LogP contribution < -0.4 is 0 Å². The summed E-state index contributed by atoms with van der Waals surface area (Å²) in [6.07, 6.45) is 0.301. The van der Waals surface area contributed by atoms with Crippen molar-refractivity contribution < 1.29 is 19.8 Å². The molecule has 2 heterocycles. The van der Waals surface area contributed by atoms with E-state index >= 15 is 0 Å². The van der Waals surface area contributed by atoms with Gasteiger partial charge in [0.2, 0.25) is 5.91 Å². The van der Waals surface area contributed by atoms with Gasteiger partial charge in [0.05, 0.1) is 12.1 Å². The van der Waals surface area contributed by atoms with E-state index < -0.39 is 11.6 Å². The van der Waals surface area contributed by atoms with E-state index in [2.05, 4.69) is 4.98 Å². The molecule has 2 aromatic rings. The fraction of sp³-hybridized carbons (Fsp3) is 0.353. The number of carboxylic acids is 1. The Hall–Kier alpha value is -2.25. The van der Waals surface area contributed by atoms with Crippen molar-refractivity contribution in [2.45, 2.75) is 24.9 Å². The molecule has 6 nitrogen and oxygen atoms in total. The molecule has 24 heavy (non-hydrogen) atoms. The lowest BCUT2D eigenvalue weighted by Crippen LogP contribution is -2.51. The molecule has 0 radical (unpaired) electrons. The summed E-state index contributed by atoms with van der Waals surface area (Å²) >= 11 is 1.50. The van der Waals surface area contributed by atoms with Crippen LogP contribution in [0.2, 0.25) is 0 Å². The van der Waals surface area contributed by atoms with Crippen LogP contribution in [-0.2, 0) is 16.0 Å². The highest BCUT2D eigenvalue weighted by Gasteiger charge is 2.40. The first-order valence-corrected chi connectivity index (χ1v) is 8.59. The van der Waals surface area contributed by atoms with E-state index in [4.69, 9.17) is 5.11 Å². The van der Waals surface area contributed by atoms with Crippen LogP contribution >= 0.6 is 11.3 Å². The Morgan fingerprint density at radius 3 is 2.50 bits per heavy atom. The molecule has 126 valence electrons. The summed E-state index contributed by atoms with van der Waals surface area (Å²) in [5.74, 6) is -1.31. The zero-order valence-corrected chi connectivity index (χ0v) is 13.8. The maximum absolute atomic E-state index is 12.4. The molecule has 2 N–H and O–H groups in total. The number of aliphatic carboxylic acids is 1. The molecule has 1 aromatic carbocycles. The Bertz CT molecular complexity index is 736. The second-order valence-corrected chi connectivity index (χ2v) is 6.76. The van der Waals surface area contributed by atoms with Crippen LogP contribution in [0.25, 0.3) is 10.6 Å². The van der Waals surface area contributed by atoms with Crippen molar-refractivity contribution in [1.82, 2.24) is 9.88 Å². The minimum absolute atomic E-state index is 0.0560. The van der Waals surface area contributed by atoms with E-state index in [-0.39, 0.29) is 38.3 Å². The first-order chi connectivity index (χ1) is 11.5. The molecule has 1 aromatic heterocycles. The first-order valence-electron chi connectivity index (χ1n) is 7.71. The largest absolute Gasteiger partial charge is 0.479 e. The number of aliphatic hydroxyl groups is 1. The first kappa shape index (κ1) is 16.6. The Morgan fingerprint density at radius 1 is 1.21 bits per heavy atom. The minimum Gasteiger partial charge on any atom is -0.479 e. The van der Waals surface area contributed by atoms with Crippen molar-refractivity contribution in [3.63, 3.8) is 0 Å². The van der Waals surface area contributed by atoms with E-state index in [1.807, 2.05) is 35.7 Å². The molecule has 0 aliphatic carbocycles. The van der Waals surface area contributed by atoms with Crippen LogP contribution in [0.5, 0.6) is 0 Å². The van der Waals surface area contributed by atoms with Crippen molar-refractivity contribution in [3.8, 4) is 10.6 Å². The quantitative estimate of drug-likeness (QED) is 0.881. The van der Waals surface area contributed by atoms with E-state index in [9.17, 15) is 14.7 Å². The van der Waals surface area contributed by atoms with E-state index in [1.165, 1.54) is 11.3 Å². The molecule has 0 spiro atoms. The summed E-state index contributed by atoms with van der Waals surface area (Å²) in [4.78, 5) is 29.5. The van der Waals surface area contributed by atoms with Crippen LogP contribution in [-0.4, -0.2) is 50.7 Å². The molecule has 0 unspecified atom stereocenters. The third-order valence-electron chi connectivity index (χ3n) is 4.25. The number of hydrogen-bond acceptors (Lipinski definition) is 5. The number of nitrogens with zero attached hydrogens (tertiary/aromatic N) is 2. The molecular weight excluding hydrogens is 328 g/mol. The average molecular weight is 346 g/mol. The molecular formula is C17H18N2O4S. The average Bonchev–Trinajstić information content (AvgIpc) is 3.04. The molecule has 0 atom stereocenters. The Morgan fingerprint density at radius 2 is 1.88 bits per heavy atom. The van der Waals surface area contributed by atoms with Crippen LogP contribution in [0.1, 0.15) is 18.5 Å². The number of rotatable bonds is 4. The summed E-state index contributed by atoms with van der Waals surface area (Å²) in [6.45, 7) is 0.495. The van der Waals surface area contributed by atoms with Crippen LogP contribution in [0, 0.1) is 0 Å². The minimum atomic E-state index is -1.71. The SMILES string of the molecule is O=C(Cc1csc(-c2ccccc2)n1)N1CCC(O)(C(=O)O)CC1. The van der Waals surface area contributed by atoms with Gasteiger partial charge in [-0.25, -0.2) is 9.78 Å². The molecule has 1 amide bonds. The molecule has 7 heteroatoms. The Labute approximate surface area is 143 Å². The van der Waals surface area contributed by atoms with Gasteiger partial charge >= 0.3 is 5.97 Å². The number of likely N-dealkylation sites (tertiary alicyclic amines) is 1. The van der Waals surface area contributed by atoms with E-state index in [0.29, 0.717) is 5.69 Å². The van der Waals surface area contributed by atoms with Crippen molar-refractivity contribution in [3.05, 3.63) is 41.4 Å². The normalized spacial score (nSPS) is 16.8. The number of hydrogen-bond donors (Lipinski definition) is 2. The standard InChI is InChI=1S/C17H18N2O4S/c20-14(19-8-6-17(23,7-9-19)16(21)22)10-13-11-24-15(18-13)12-4-2-1-3-5-12/h1-5,11,23H,6-10H2,(H,21,22). The van der Waals surface area contributed by atoms with Gasteiger partial charge in [-0.3, -0.25) is 4.79 Å². The lowest BCUT2D eigenvalue weighted by Gasteiger charge is -2.35. The van der Waals surface area contributed by atoms with Gasteiger partial charge in [-0.15, -0.1) is 11.3 Å². The zero-order chi connectivity index (χ0) is 17.2. The number of carbonyl (C=O) groups excluding carboxylic acids is 1. The lowest BCUT2D eigenvalue weighted by atomic mass is 9.91. The van der Waals surface area contributed by atoms with Crippen LogP contribution in [0.4, 0.5) is 0 Å². The maximum atomic E-state index is 12.4. The second kappa shape index (κ2) is 6.70. The summed E-state index contributed by atoms with van der Waals surface area (Å²) < 4.78 is 0. The molecule has 1 aliphatic heterocycles. The Balaban J connectivity index is 1.60. The van der Waals surface area contributed by atoms with Gasteiger partial charge in [-0.2, -0.15) is 0 Å². The van der Waals surface area contributed by atoms with Crippen molar-refractivity contribution >= 4 is 23.2 Å². The lowest BCUT2D eigenvalue weighted by molar-refractivity contribution is -0.165. The number of piperidine rings is 1. The van der Waals surface area contributed by atoms with Gasteiger partial charge in [-0.05, 0) is 0 Å². The molecule has 1 fully saturated rings.